The number of carboxylic acid groups (broad SMARTS) is 2. The lowest BCUT2D eigenvalue weighted by atomic mass is 10.2. The van der Waals surface area contributed by atoms with Crippen LogP contribution in [0.5, 0.6) is 0 Å². The minimum atomic E-state index is -1.18. The van der Waals surface area contributed by atoms with Crippen LogP contribution in [0, 0.1) is 0 Å². The van der Waals surface area contributed by atoms with Gasteiger partial charge in [0.1, 0.15) is 12.1 Å². The summed E-state index contributed by atoms with van der Waals surface area (Å²) in [5, 5.41) is 32.1. The Bertz CT molecular complexity index is 198. The Morgan fingerprint density at radius 3 is 1.47 bits per heavy atom. The molecule has 0 aromatic carbocycles. The van der Waals surface area contributed by atoms with Gasteiger partial charge in [-0.25, -0.2) is 0 Å². The zero-order valence-electron chi connectivity index (χ0n) is 8.04. The third-order valence-electron chi connectivity index (χ3n) is 1.27. The second-order valence-electron chi connectivity index (χ2n) is 2.58. The minimum absolute atomic E-state index is 0.120. The van der Waals surface area contributed by atoms with Gasteiger partial charge < -0.3 is 31.9 Å². The summed E-state index contributed by atoms with van der Waals surface area (Å²) in [6, 6.07) is -2.04. The SMILES string of the molecule is N[C@@H](CO)C(=O)O.N[C@H](CCO)C(=O)O. The molecular weight excluding hydrogens is 208 g/mol. The van der Waals surface area contributed by atoms with Gasteiger partial charge >= 0.3 is 11.9 Å². The number of aliphatic hydroxyl groups excluding tert-OH is 2. The molecule has 0 aromatic heterocycles. The molecule has 0 saturated heterocycles. The molecule has 0 rings (SSSR count). The van der Waals surface area contributed by atoms with E-state index in [9.17, 15) is 9.59 Å². The molecule has 0 bridgehead atoms. The van der Waals surface area contributed by atoms with Crippen molar-refractivity contribution in [1.29, 1.82) is 0 Å². The molecule has 2 atom stereocenters. The predicted molar refractivity (Wildman–Crippen MR) is 50.0 cm³/mol. The van der Waals surface area contributed by atoms with Gasteiger partial charge in [0, 0.05) is 6.61 Å². The number of hydrogen-bond acceptors (Lipinski definition) is 6. The highest BCUT2D eigenvalue weighted by Crippen LogP contribution is 1.83. The highest BCUT2D eigenvalue weighted by molar-refractivity contribution is 5.73. The third kappa shape index (κ3) is 10.7. The smallest absolute Gasteiger partial charge is 0.322 e. The predicted octanol–water partition coefficient (Wildman–Crippen LogP) is -2.83. The Balaban J connectivity index is 0. The van der Waals surface area contributed by atoms with Gasteiger partial charge in [-0.1, -0.05) is 0 Å². The fourth-order valence-corrected chi connectivity index (χ4v) is 0.341. The minimum Gasteiger partial charge on any atom is -0.480 e. The van der Waals surface area contributed by atoms with Crippen LogP contribution in [0.3, 0.4) is 0 Å². The molecule has 0 saturated carbocycles. The quantitative estimate of drug-likeness (QED) is 0.290. The van der Waals surface area contributed by atoms with Crippen LogP contribution in [0.2, 0.25) is 0 Å². The number of nitrogens with two attached hydrogens (primary N) is 2. The van der Waals surface area contributed by atoms with Gasteiger partial charge in [-0.2, -0.15) is 0 Å². The van der Waals surface area contributed by atoms with Gasteiger partial charge in [0.05, 0.1) is 6.61 Å². The molecule has 0 radical (unpaired) electrons. The summed E-state index contributed by atoms with van der Waals surface area (Å²) in [6.45, 7) is -0.678. The van der Waals surface area contributed by atoms with Gasteiger partial charge in [0.15, 0.2) is 0 Å². The number of rotatable bonds is 5. The van der Waals surface area contributed by atoms with Crippen molar-refractivity contribution in [3.8, 4) is 0 Å². The van der Waals surface area contributed by atoms with E-state index in [2.05, 4.69) is 0 Å². The normalized spacial score (nSPS) is 13.3. The highest BCUT2D eigenvalue weighted by atomic mass is 16.4. The molecule has 8 nitrogen and oxygen atoms in total. The molecule has 15 heavy (non-hydrogen) atoms. The van der Waals surface area contributed by atoms with Crippen LogP contribution in [0.4, 0.5) is 0 Å². The van der Waals surface area contributed by atoms with E-state index in [1.807, 2.05) is 0 Å². The maximum Gasteiger partial charge on any atom is 0.322 e. The van der Waals surface area contributed by atoms with Crippen molar-refractivity contribution in [3.05, 3.63) is 0 Å². The van der Waals surface area contributed by atoms with Crippen molar-refractivity contribution in [3.63, 3.8) is 0 Å². The number of aliphatic hydroxyl groups is 2. The summed E-state index contributed by atoms with van der Waals surface area (Å²) >= 11 is 0. The van der Waals surface area contributed by atoms with Crippen LogP contribution in [0.25, 0.3) is 0 Å². The summed E-state index contributed by atoms with van der Waals surface area (Å²) < 4.78 is 0. The van der Waals surface area contributed by atoms with Crippen molar-refractivity contribution in [1.82, 2.24) is 0 Å². The number of carbonyl (C=O) groups is 2. The monoisotopic (exact) mass is 224 g/mol. The highest BCUT2D eigenvalue weighted by Gasteiger charge is 2.08. The van der Waals surface area contributed by atoms with E-state index in [-0.39, 0.29) is 13.0 Å². The van der Waals surface area contributed by atoms with E-state index in [0.29, 0.717) is 0 Å². The molecule has 0 aromatic rings. The maximum absolute atomic E-state index is 9.85. The van der Waals surface area contributed by atoms with Crippen LogP contribution in [-0.2, 0) is 9.59 Å². The number of aliphatic carboxylic acids is 2. The lowest BCUT2D eigenvalue weighted by Gasteiger charge is -2.00. The first-order valence-corrected chi connectivity index (χ1v) is 4.05. The van der Waals surface area contributed by atoms with Crippen LogP contribution in [0.1, 0.15) is 6.42 Å². The Kier molecular flexibility index (Phi) is 10.1. The molecule has 0 amide bonds. The largest absolute Gasteiger partial charge is 0.480 e. The summed E-state index contributed by atoms with van der Waals surface area (Å²) in [5.41, 5.74) is 9.73. The zero-order valence-corrected chi connectivity index (χ0v) is 8.04. The van der Waals surface area contributed by atoms with Gasteiger partial charge in [-0.05, 0) is 6.42 Å². The van der Waals surface area contributed by atoms with Gasteiger partial charge in [0.2, 0.25) is 0 Å². The summed E-state index contributed by atoms with van der Waals surface area (Å²) in [5.74, 6) is -2.25. The topological polar surface area (TPSA) is 167 Å². The number of hydrogen-bond donors (Lipinski definition) is 6. The van der Waals surface area contributed by atoms with Crippen LogP contribution in [-0.4, -0.2) is 57.7 Å². The standard InChI is InChI=1S/C4H9NO3.C3H7NO3/c5-3(1-2-6)4(7)8;4-2(1-5)3(6)7/h3,6H,1-2,5H2,(H,7,8);2,5H,1,4H2,(H,6,7)/t3-;2-/m10/s1. The molecule has 0 unspecified atom stereocenters. The second-order valence-corrected chi connectivity index (χ2v) is 2.58. The Labute approximate surface area is 86.1 Å². The maximum atomic E-state index is 9.85. The van der Waals surface area contributed by atoms with Crippen LogP contribution < -0.4 is 11.5 Å². The van der Waals surface area contributed by atoms with E-state index >= 15 is 0 Å². The molecule has 0 aliphatic heterocycles. The fraction of sp³-hybridized carbons (Fsp3) is 0.714. The Hall–Kier alpha value is -1.22. The third-order valence-corrected chi connectivity index (χ3v) is 1.27. The molecule has 0 heterocycles. The van der Waals surface area contributed by atoms with E-state index in [4.69, 9.17) is 31.9 Å². The molecule has 8 heteroatoms. The summed E-state index contributed by atoms with van der Waals surface area (Å²) in [4.78, 5) is 19.5. The van der Waals surface area contributed by atoms with Crippen molar-refractivity contribution in [2.24, 2.45) is 11.5 Å². The Morgan fingerprint density at radius 1 is 1.00 bits per heavy atom. The van der Waals surface area contributed by atoms with Gasteiger partial charge in [-0.15, -0.1) is 0 Å². The van der Waals surface area contributed by atoms with E-state index in [1.165, 1.54) is 0 Å². The molecular formula is C7H16N2O6. The van der Waals surface area contributed by atoms with Gasteiger partial charge in [0.25, 0.3) is 0 Å². The molecule has 0 spiro atoms. The molecule has 0 fully saturated rings. The first-order valence-electron chi connectivity index (χ1n) is 4.05. The number of carboxylic acids is 2. The second kappa shape index (κ2) is 9.34. The average Bonchev–Trinajstić information content (AvgIpc) is 2.17. The first-order chi connectivity index (χ1) is 6.86. The summed E-state index contributed by atoms with van der Waals surface area (Å²) in [7, 11) is 0. The zero-order chi connectivity index (χ0) is 12.4. The molecule has 90 valence electrons. The molecule has 0 aliphatic carbocycles. The van der Waals surface area contributed by atoms with Crippen molar-refractivity contribution >= 4 is 11.9 Å². The van der Waals surface area contributed by atoms with Gasteiger partial charge in [-0.3, -0.25) is 9.59 Å². The van der Waals surface area contributed by atoms with E-state index in [0.717, 1.165) is 0 Å². The molecule has 0 aliphatic rings. The van der Waals surface area contributed by atoms with Crippen LogP contribution in [0.15, 0.2) is 0 Å². The van der Waals surface area contributed by atoms with Crippen molar-refractivity contribution in [2.75, 3.05) is 13.2 Å². The van der Waals surface area contributed by atoms with Crippen molar-refractivity contribution < 1.29 is 30.0 Å². The van der Waals surface area contributed by atoms with Crippen LogP contribution >= 0.6 is 0 Å². The lowest BCUT2D eigenvalue weighted by Crippen LogP contribution is -2.33. The molecule has 8 N–H and O–H groups in total. The summed E-state index contributed by atoms with van der Waals surface area (Å²) in [6.07, 6.45) is 0.120. The first kappa shape index (κ1) is 16.2. The van der Waals surface area contributed by atoms with E-state index < -0.39 is 30.6 Å². The average molecular weight is 224 g/mol. The Morgan fingerprint density at radius 2 is 1.40 bits per heavy atom. The van der Waals surface area contributed by atoms with Crippen molar-refractivity contribution in [2.45, 2.75) is 18.5 Å². The van der Waals surface area contributed by atoms with E-state index in [1.54, 1.807) is 0 Å². The fourth-order valence-electron chi connectivity index (χ4n) is 0.341. The lowest BCUT2D eigenvalue weighted by molar-refractivity contribution is -0.140.